The van der Waals surface area contributed by atoms with Crippen molar-refractivity contribution in [3.05, 3.63) is 48.0 Å². The van der Waals surface area contributed by atoms with E-state index in [0.29, 0.717) is 0 Å². The fourth-order valence-corrected chi connectivity index (χ4v) is 2.57. The van der Waals surface area contributed by atoms with Gasteiger partial charge in [-0.05, 0) is 23.3 Å². The zero-order valence-electron chi connectivity index (χ0n) is 9.80. The predicted molar refractivity (Wildman–Crippen MR) is 68.8 cm³/mol. The van der Waals surface area contributed by atoms with Gasteiger partial charge in [-0.2, -0.15) is 0 Å². The normalized spacial score (nSPS) is 18.0. The molecule has 2 aromatic heterocycles. The molecule has 0 saturated carbocycles. The van der Waals surface area contributed by atoms with Gasteiger partial charge in [-0.1, -0.05) is 0 Å². The Morgan fingerprint density at radius 2 is 1.50 bits per heavy atom. The average Bonchev–Trinajstić information content (AvgIpc) is 2.42. The van der Waals surface area contributed by atoms with Crippen LogP contribution in [0.3, 0.4) is 0 Å². The largest absolute Gasteiger partial charge is 0.351 e. The molecule has 2 aliphatic heterocycles. The van der Waals surface area contributed by atoms with Crippen LogP contribution in [0.2, 0.25) is 0 Å². The lowest BCUT2D eigenvalue weighted by atomic mass is 10.1. The number of aromatic nitrogens is 2. The molecule has 0 aliphatic carbocycles. The van der Waals surface area contributed by atoms with Gasteiger partial charge in [0.1, 0.15) is 0 Å². The van der Waals surface area contributed by atoms with E-state index in [1.54, 1.807) is 0 Å². The van der Waals surface area contributed by atoms with Gasteiger partial charge in [0.15, 0.2) is 6.29 Å². The van der Waals surface area contributed by atoms with Crippen LogP contribution in [0.15, 0.2) is 36.9 Å². The number of rotatable bonds is 0. The minimum absolute atomic E-state index is 0.124. The molecule has 5 nitrogen and oxygen atoms in total. The first kappa shape index (κ1) is 9.85. The standard InChI is InChI=1S/C13H13N5/c1-3-14-5-11-9(1)7-18-8-10-2-4-15-6-12(10)17-13(18)16-11/h1-6,13,16-17H,7-8H2. The van der Waals surface area contributed by atoms with E-state index in [1.807, 2.05) is 24.8 Å². The molecule has 4 heterocycles. The van der Waals surface area contributed by atoms with Crippen LogP contribution in [0, 0.1) is 0 Å². The van der Waals surface area contributed by atoms with Gasteiger partial charge in [0.25, 0.3) is 0 Å². The van der Waals surface area contributed by atoms with E-state index >= 15 is 0 Å². The average molecular weight is 239 g/mol. The first-order valence-electron chi connectivity index (χ1n) is 6.03. The molecule has 2 aromatic rings. The molecule has 2 aliphatic rings. The molecule has 4 rings (SSSR count). The molecule has 2 N–H and O–H groups in total. The Morgan fingerprint density at radius 1 is 0.944 bits per heavy atom. The summed E-state index contributed by atoms with van der Waals surface area (Å²) in [5, 5.41) is 6.93. The highest BCUT2D eigenvalue weighted by Crippen LogP contribution is 2.31. The van der Waals surface area contributed by atoms with Gasteiger partial charge >= 0.3 is 0 Å². The second kappa shape index (κ2) is 3.68. The molecule has 0 saturated heterocycles. The monoisotopic (exact) mass is 239 g/mol. The lowest BCUT2D eigenvalue weighted by Crippen LogP contribution is -2.51. The molecular weight excluding hydrogens is 226 g/mol. The van der Waals surface area contributed by atoms with E-state index < -0.39 is 0 Å². The summed E-state index contributed by atoms with van der Waals surface area (Å²) >= 11 is 0. The van der Waals surface area contributed by atoms with E-state index in [4.69, 9.17) is 0 Å². The van der Waals surface area contributed by atoms with E-state index in [-0.39, 0.29) is 6.29 Å². The molecule has 0 fully saturated rings. The Morgan fingerprint density at radius 3 is 2.06 bits per heavy atom. The molecule has 0 radical (unpaired) electrons. The van der Waals surface area contributed by atoms with E-state index in [9.17, 15) is 0 Å². The summed E-state index contributed by atoms with van der Waals surface area (Å²) in [7, 11) is 0. The third-order valence-electron chi connectivity index (χ3n) is 3.52. The highest BCUT2D eigenvalue weighted by Gasteiger charge is 2.29. The minimum Gasteiger partial charge on any atom is -0.351 e. The summed E-state index contributed by atoms with van der Waals surface area (Å²) in [5.41, 5.74) is 4.80. The maximum atomic E-state index is 4.16. The van der Waals surface area contributed by atoms with Gasteiger partial charge < -0.3 is 10.6 Å². The van der Waals surface area contributed by atoms with Crippen LogP contribution in [-0.2, 0) is 13.1 Å². The van der Waals surface area contributed by atoms with Gasteiger partial charge in [0.2, 0.25) is 0 Å². The van der Waals surface area contributed by atoms with Crippen molar-refractivity contribution in [2.24, 2.45) is 0 Å². The van der Waals surface area contributed by atoms with Crippen molar-refractivity contribution in [3.8, 4) is 0 Å². The molecule has 0 aromatic carbocycles. The Bertz CT molecular complexity index is 494. The Labute approximate surface area is 105 Å². The summed E-state index contributed by atoms with van der Waals surface area (Å²) in [6.07, 6.45) is 7.57. The fraction of sp³-hybridized carbons (Fsp3) is 0.231. The molecule has 0 unspecified atom stereocenters. The molecule has 0 atom stereocenters. The minimum atomic E-state index is 0.124. The molecule has 0 bridgehead atoms. The number of pyridine rings is 2. The molecule has 0 amide bonds. The second-order valence-electron chi connectivity index (χ2n) is 4.66. The first-order valence-corrected chi connectivity index (χ1v) is 6.03. The molecular formula is C13H13N5. The van der Waals surface area contributed by atoms with Crippen molar-refractivity contribution < 1.29 is 0 Å². The van der Waals surface area contributed by atoms with Crippen LogP contribution in [-0.4, -0.2) is 21.2 Å². The van der Waals surface area contributed by atoms with Crippen molar-refractivity contribution in [1.29, 1.82) is 0 Å². The van der Waals surface area contributed by atoms with Crippen LogP contribution in [0.4, 0.5) is 11.4 Å². The summed E-state index contributed by atoms with van der Waals surface area (Å²) < 4.78 is 0. The Hall–Kier alpha value is -2.14. The quantitative estimate of drug-likeness (QED) is 0.731. The van der Waals surface area contributed by atoms with Crippen LogP contribution < -0.4 is 10.6 Å². The van der Waals surface area contributed by atoms with Gasteiger partial charge in [0, 0.05) is 25.5 Å². The van der Waals surface area contributed by atoms with Crippen LogP contribution in [0.25, 0.3) is 0 Å². The highest BCUT2D eigenvalue weighted by molar-refractivity contribution is 5.57. The lowest BCUT2D eigenvalue weighted by Gasteiger charge is -2.42. The fourth-order valence-electron chi connectivity index (χ4n) is 2.57. The number of hydrogen-bond acceptors (Lipinski definition) is 5. The molecule has 0 spiro atoms. The summed E-state index contributed by atoms with van der Waals surface area (Å²) in [4.78, 5) is 10.7. The van der Waals surface area contributed by atoms with E-state index in [0.717, 1.165) is 24.5 Å². The third-order valence-corrected chi connectivity index (χ3v) is 3.52. The van der Waals surface area contributed by atoms with E-state index in [2.05, 4.69) is 37.6 Å². The van der Waals surface area contributed by atoms with Gasteiger partial charge in [0.05, 0.1) is 23.8 Å². The molecule has 90 valence electrons. The number of hydrogen-bond donors (Lipinski definition) is 2. The Kier molecular flexibility index (Phi) is 2.01. The van der Waals surface area contributed by atoms with Crippen LogP contribution >= 0.6 is 0 Å². The first-order chi connectivity index (χ1) is 8.90. The second-order valence-corrected chi connectivity index (χ2v) is 4.66. The summed E-state index contributed by atoms with van der Waals surface area (Å²) in [6.45, 7) is 1.87. The van der Waals surface area contributed by atoms with Gasteiger partial charge in [-0.15, -0.1) is 0 Å². The number of fused-ring (bicyclic) bond motifs is 3. The maximum absolute atomic E-state index is 4.16. The zero-order valence-corrected chi connectivity index (χ0v) is 9.80. The van der Waals surface area contributed by atoms with Crippen molar-refractivity contribution in [2.75, 3.05) is 10.6 Å². The number of nitrogens with one attached hydrogen (secondary N) is 2. The number of anilines is 2. The van der Waals surface area contributed by atoms with E-state index in [1.165, 1.54) is 11.1 Å². The van der Waals surface area contributed by atoms with Crippen molar-refractivity contribution in [2.45, 2.75) is 19.4 Å². The Balaban J connectivity index is 1.70. The topological polar surface area (TPSA) is 53.1 Å². The van der Waals surface area contributed by atoms with Crippen molar-refractivity contribution in [1.82, 2.24) is 14.9 Å². The SMILES string of the molecule is c1cc2c(cn1)NC1Nc3cnccc3CN1C2. The van der Waals surface area contributed by atoms with Crippen molar-refractivity contribution >= 4 is 11.4 Å². The molecule has 18 heavy (non-hydrogen) atoms. The van der Waals surface area contributed by atoms with Crippen LogP contribution in [0.5, 0.6) is 0 Å². The highest BCUT2D eigenvalue weighted by atomic mass is 15.4. The van der Waals surface area contributed by atoms with Gasteiger partial charge in [-0.25, -0.2) is 0 Å². The zero-order chi connectivity index (χ0) is 11.9. The van der Waals surface area contributed by atoms with Gasteiger partial charge in [-0.3, -0.25) is 14.9 Å². The summed E-state index contributed by atoms with van der Waals surface area (Å²) in [5.74, 6) is 0. The predicted octanol–water partition coefficient (Wildman–Crippen LogP) is 1.61. The lowest BCUT2D eigenvalue weighted by molar-refractivity contribution is 0.198. The third kappa shape index (κ3) is 1.44. The number of nitrogens with zero attached hydrogens (tertiary/aromatic N) is 3. The molecule has 5 heteroatoms. The van der Waals surface area contributed by atoms with Crippen LogP contribution in [0.1, 0.15) is 11.1 Å². The smallest absolute Gasteiger partial charge is 0.156 e. The summed E-state index contributed by atoms with van der Waals surface area (Å²) in [6, 6.07) is 4.14. The maximum Gasteiger partial charge on any atom is 0.156 e. The van der Waals surface area contributed by atoms with Crippen molar-refractivity contribution in [3.63, 3.8) is 0 Å².